The first-order valence-electron chi connectivity index (χ1n) is 12.5. The molecule has 5 rings (SSSR count). The van der Waals surface area contributed by atoms with E-state index in [1.54, 1.807) is 6.92 Å². The van der Waals surface area contributed by atoms with E-state index < -0.39 is 0 Å². The molecule has 2 aromatic heterocycles. The first kappa shape index (κ1) is 23.3. The second-order valence-corrected chi connectivity index (χ2v) is 10.0. The molecule has 184 valence electrons. The number of aromatic amines is 1. The molecule has 2 saturated carbocycles. The number of aromatic nitrogens is 3. The number of hydrogen-bond acceptors (Lipinski definition) is 5. The zero-order valence-corrected chi connectivity index (χ0v) is 20.6. The van der Waals surface area contributed by atoms with Gasteiger partial charge in [-0.1, -0.05) is 11.6 Å². The molecule has 2 aliphatic rings. The van der Waals surface area contributed by atoms with Gasteiger partial charge in [0.05, 0.1) is 17.7 Å². The van der Waals surface area contributed by atoms with Crippen LogP contribution < -0.4 is 15.4 Å². The van der Waals surface area contributed by atoms with E-state index in [2.05, 4.69) is 31.7 Å². The highest BCUT2D eigenvalue weighted by atomic mass is 16.5. The van der Waals surface area contributed by atoms with Crippen molar-refractivity contribution in [2.24, 2.45) is 5.92 Å². The molecule has 35 heavy (non-hydrogen) atoms. The lowest BCUT2D eigenvalue weighted by Gasteiger charge is -2.29. The maximum Gasteiger partial charge on any atom is 0.255 e. The summed E-state index contributed by atoms with van der Waals surface area (Å²) in [6, 6.07) is 6.40. The highest BCUT2D eigenvalue weighted by molar-refractivity contribution is 6.09. The minimum atomic E-state index is -0.129. The second kappa shape index (κ2) is 9.68. The Balaban J connectivity index is 1.40. The number of rotatable bonds is 7. The van der Waals surface area contributed by atoms with Crippen molar-refractivity contribution in [3.05, 3.63) is 41.3 Å². The number of amides is 2. The zero-order chi connectivity index (χ0) is 24.5. The Morgan fingerprint density at radius 1 is 1.03 bits per heavy atom. The predicted octanol–water partition coefficient (Wildman–Crippen LogP) is 4.21. The number of nitrogens with one attached hydrogen (secondary N) is 3. The molecule has 2 fully saturated rings. The van der Waals surface area contributed by atoms with Crippen molar-refractivity contribution in [2.45, 2.75) is 71.4 Å². The summed E-state index contributed by atoms with van der Waals surface area (Å²) in [6.07, 6.45) is 7.37. The van der Waals surface area contributed by atoms with Crippen LogP contribution in [0.25, 0.3) is 22.3 Å². The number of carbonyl (C=O) groups excluding carboxylic acids is 2. The summed E-state index contributed by atoms with van der Waals surface area (Å²) in [5, 5.41) is 6.17. The number of aryl methyl sites for hydroxylation is 2. The fraction of sp³-hybridized carbons (Fsp3) is 0.481. The predicted molar refractivity (Wildman–Crippen MR) is 134 cm³/mol. The molecule has 0 spiro atoms. The van der Waals surface area contributed by atoms with E-state index in [0.717, 1.165) is 59.5 Å². The smallest absolute Gasteiger partial charge is 0.255 e. The van der Waals surface area contributed by atoms with Crippen molar-refractivity contribution in [3.63, 3.8) is 0 Å². The van der Waals surface area contributed by atoms with Crippen LogP contribution in [-0.2, 0) is 4.79 Å². The van der Waals surface area contributed by atoms with Gasteiger partial charge in [-0.25, -0.2) is 9.97 Å². The van der Waals surface area contributed by atoms with Gasteiger partial charge in [0.1, 0.15) is 23.3 Å². The number of nitrogens with zero attached hydrogens (tertiary/aromatic N) is 2. The minimum absolute atomic E-state index is 0.00269. The fourth-order valence-electron chi connectivity index (χ4n) is 4.98. The molecule has 2 heterocycles. The van der Waals surface area contributed by atoms with Gasteiger partial charge in [0.25, 0.3) is 5.91 Å². The normalized spacial score (nSPS) is 20.0. The molecule has 0 radical (unpaired) electrons. The average molecular weight is 476 g/mol. The SMILES string of the molecule is CC(=O)NC1CCC(NC(=O)c2c(C)[nH]c3c(-c4cc(C)ccc4OCC4CC4)ncnc23)CC1. The molecule has 3 N–H and O–H groups in total. The number of fused-ring (bicyclic) bond motifs is 1. The van der Waals surface area contributed by atoms with Crippen molar-refractivity contribution in [2.75, 3.05) is 6.61 Å². The topological polar surface area (TPSA) is 109 Å². The average Bonchev–Trinajstić information content (AvgIpc) is 3.58. The Morgan fingerprint density at radius 2 is 1.74 bits per heavy atom. The Labute approximate surface area is 205 Å². The van der Waals surface area contributed by atoms with E-state index in [-0.39, 0.29) is 23.9 Å². The third-order valence-corrected chi connectivity index (χ3v) is 7.03. The number of hydrogen-bond donors (Lipinski definition) is 3. The number of carbonyl (C=O) groups is 2. The highest BCUT2D eigenvalue weighted by Crippen LogP contribution is 2.37. The Morgan fingerprint density at radius 3 is 2.43 bits per heavy atom. The van der Waals surface area contributed by atoms with Gasteiger partial charge in [0.2, 0.25) is 5.91 Å². The minimum Gasteiger partial charge on any atom is -0.493 e. The van der Waals surface area contributed by atoms with Gasteiger partial charge in [-0.15, -0.1) is 0 Å². The Bertz CT molecular complexity index is 1260. The lowest BCUT2D eigenvalue weighted by Crippen LogP contribution is -2.43. The molecular formula is C27H33N5O3. The summed E-state index contributed by atoms with van der Waals surface area (Å²) in [5.74, 6) is 1.32. The molecule has 0 unspecified atom stereocenters. The van der Waals surface area contributed by atoms with Crippen LogP contribution in [-0.4, -0.2) is 45.5 Å². The second-order valence-electron chi connectivity index (χ2n) is 10.0. The van der Waals surface area contributed by atoms with Crippen molar-refractivity contribution in [1.29, 1.82) is 0 Å². The molecular weight excluding hydrogens is 442 g/mol. The summed E-state index contributed by atoms with van der Waals surface area (Å²) < 4.78 is 6.16. The summed E-state index contributed by atoms with van der Waals surface area (Å²) in [6.45, 7) is 6.20. The number of H-pyrrole nitrogens is 1. The van der Waals surface area contributed by atoms with Crippen LogP contribution in [0.4, 0.5) is 0 Å². The van der Waals surface area contributed by atoms with Gasteiger partial charge in [-0.05, 0) is 70.4 Å². The van der Waals surface area contributed by atoms with Gasteiger partial charge in [-0.3, -0.25) is 9.59 Å². The number of ether oxygens (including phenoxy) is 1. The molecule has 1 aromatic carbocycles. The highest BCUT2D eigenvalue weighted by Gasteiger charge is 2.27. The van der Waals surface area contributed by atoms with E-state index >= 15 is 0 Å². The Hall–Kier alpha value is -3.42. The molecule has 8 nitrogen and oxygen atoms in total. The maximum atomic E-state index is 13.3. The summed E-state index contributed by atoms with van der Waals surface area (Å²) in [5.41, 5.74) is 5.43. The standard InChI is InChI=1S/C27H33N5O3/c1-15-4-11-22(35-13-18-5-6-18)21(12-15)24-26-25(29-14-28-24)23(16(2)30-26)27(34)32-20-9-7-19(8-10-20)31-17(3)33/h4,11-12,14,18-20,30H,5-10,13H2,1-3H3,(H,31,33)(H,32,34). The van der Waals surface area contributed by atoms with Crippen LogP contribution in [0.15, 0.2) is 24.5 Å². The molecule has 2 aliphatic carbocycles. The van der Waals surface area contributed by atoms with Crippen LogP contribution in [0.5, 0.6) is 5.75 Å². The van der Waals surface area contributed by atoms with Gasteiger partial charge < -0.3 is 20.4 Å². The maximum absolute atomic E-state index is 13.3. The fourth-order valence-corrected chi connectivity index (χ4v) is 4.98. The molecule has 0 bridgehead atoms. The number of benzene rings is 1. The van der Waals surface area contributed by atoms with Crippen LogP contribution in [0.1, 0.15) is 67.1 Å². The van der Waals surface area contributed by atoms with Crippen LogP contribution >= 0.6 is 0 Å². The lowest BCUT2D eigenvalue weighted by atomic mass is 9.91. The van der Waals surface area contributed by atoms with E-state index in [1.165, 1.54) is 19.2 Å². The van der Waals surface area contributed by atoms with Gasteiger partial charge >= 0.3 is 0 Å². The molecule has 2 amide bonds. The van der Waals surface area contributed by atoms with Crippen molar-refractivity contribution >= 4 is 22.8 Å². The first-order valence-corrected chi connectivity index (χ1v) is 12.5. The van der Waals surface area contributed by atoms with Gasteiger partial charge in [0, 0.05) is 30.3 Å². The molecule has 0 atom stereocenters. The third-order valence-electron chi connectivity index (χ3n) is 7.03. The summed E-state index contributed by atoms with van der Waals surface area (Å²) >= 11 is 0. The Kier molecular flexibility index (Phi) is 6.45. The largest absolute Gasteiger partial charge is 0.493 e. The lowest BCUT2D eigenvalue weighted by molar-refractivity contribution is -0.119. The zero-order valence-electron chi connectivity index (χ0n) is 20.6. The van der Waals surface area contributed by atoms with Gasteiger partial charge in [-0.2, -0.15) is 0 Å². The van der Waals surface area contributed by atoms with Crippen molar-refractivity contribution in [1.82, 2.24) is 25.6 Å². The van der Waals surface area contributed by atoms with Crippen molar-refractivity contribution < 1.29 is 14.3 Å². The van der Waals surface area contributed by atoms with Crippen LogP contribution in [0.2, 0.25) is 0 Å². The quantitative estimate of drug-likeness (QED) is 0.474. The van der Waals surface area contributed by atoms with E-state index in [0.29, 0.717) is 23.6 Å². The van der Waals surface area contributed by atoms with Crippen LogP contribution in [0.3, 0.4) is 0 Å². The molecule has 8 heteroatoms. The first-order chi connectivity index (χ1) is 16.9. The van der Waals surface area contributed by atoms with E-state index in [1.807, 2.05) is 26.0 Å². The summed E-state index contributed by atoms with van der Waals surface area (Å²) in [4.78, 5) is 37.1. The molecule has 0 aliphatic heterocycles. The molecule has 0 saturated heterocycles. The summed E-state index contributed by atoms with van der Waals surface area (Å²) in [7, 11) is 0. The van der Waals surface area contributed by atoms with E-state index in [9.17, 15) is 9.59 Å². The third kappa shape index (κ3) is 5.16. The monoisotopic (exact) mass is 475 g/mol. The molecule has 3 aromatic rings. The van der Waals surface area contributed by atoms with Crippen molar-refractivity contribution in [3.8, 4) is 17.0 Å². The van der Waals surface area contributed by atoms with Crippen LogP contribution in [0, 0.1) is 19.8 Å². The van der Waals surface area contributed by atoms with Gasteiger partial charge in [0.15, 0.2) is 0 Å². The van der Waals surface area contributed by atoms with E-state index in [4.69, 9.17) is 4.74 Å².